The Morgan fingerprint density at radius 1 is 1.47 bits per heavy atom. The molecule has 2 heterocycles. The Kier molecular flexibility index (Phi) is 4.68. The number of nitrogens with zero attached hydrogens (tertiary/aromatic N) is 2. The molecule has 19 heavy (non-hydrogen) atoms. The summed E-state index contributed by atoms with van der Waals surface area (Å²) in [5.41, 5.74) is -0.350. The fourth-order valence-electron chi connectivity index (χ4n) is 2.25. The fourth-order valence-corrected chi connectivity index (χ4v) is 2.25. The summed E-state index contributed by atoms with van der Waals surface area (Å²) in [6.07, 6.45) is 4.70. The van der Waals surface area contributed by atoms with Crippen LogP contribution < -0.4 is 5.32 Å². The van der Waals surface area contributed by atoms with Crippen LogP contribution in [0.4, 0.5) is 10.2 Å². The second-order valence-corrected chi connectivity index (χ2v) is 4.66. The van der Waals surface area contributed by atoms with Crippen molar-refractivity contribution < 1.29 is 14.3 Å². The molecule has 2 rings (SSSR count). The summed E-state index contributed by atoms with van der Waals surface area (Å²) in [5, 5.41) is 11.7. The van der Waals surface area contributed by atoms with E-state index in [4.69, 9.17) is 5.11 Å². The van der Waals surface area contributed by atoms with E-state index in [1.807, 2.05) is 0 Å². The number of hydrogen-bond acceptors (Lipinski definition) is 4. The Labute approximate surface area is 111 Å². The Morgan fingerprint density at radius 2 is 2.21 bits per heavy atom. The highest BCUT2D eigenvalue weighted by molar-refractivity contribution is 5.88. The molecule has 1 aromatic heterocycles. The van der Waals surface area contributed by atoms with Crippen LogP contribution in [0, 0.1) is 5.82 Å². The van der Waals surface area contributed by atoms with Crippen molar-refractivity contribution in [3.63, 3.8) is 0 Å². The van der Waals surface area contributed by atoms with Gasteiger partial charge in [0, 0.05) is 12.7 Å². The zero-order valence-corrected chi connectivity index (χ0v) is 10.7. The van der Waals surface area contributed by atoms with E-state index in [2.05, 4.69) is 15.2 Å². The quantitative estimate of drug-likeness (QED) is 0.770. The number of nitrogens with one attached hydrogen (secondary N) is 1. The van der Waals surface area contributed by atoms with E-state index in [1.165, 1.54) is 19.0 Å². The SMILES string of the molecule is O=C(O)c1ccnc(NCCCN2CCCC2)c1F. The molecule has 1 aromatic rings. The van der Waals surface area contributed by atoms with Gasteiger partial charge in [-0.1, -0.05) is 0 Å². The number of anilines is 1. The average Bonchev–Trinajstić information content (AvgIpc) is 2.89. The molecule has 5 nitrogen and oxygen atoms in total. The Balaban J connectivity index is 1.82. The van der Waals surface area contributed by atoms with Crippen molar-refractivity contribution in [3.05, 3.63) is 23.6 Å². The number of aromatic nitrogens is 1. The first kappa shape index (κ1) is 13.7. The van der Waals surface area contributed by atoms with Crippen LogP contribution in [0.2, 0.25) is 0 Å². The second-order valence-electron chi connectivity index (χ2n) is 4.66. The van der Waals surface area contributed by atoms with E-state index >= 15 is 0 Å². The fraction of sp³-hybridized carbons (Fsp3) is 0.538. The minimum absolute atomic E-state index is 0.0151. The number of carbonyl (C=O) groups is 1. The van der Waals surface area contributed by atoms with Crippen molar-refractivity contribution in [1.82, 2.24) is 9.88 Å². The average molecular weight is 267 g/mol. The molecule has 1 aliphatic rings. The van der Waals surface area contributed by atoms with Gasteiger partial charge in [0.05, 0.1) is 0 Å². The molecule has 0 aromatic carbocycles. The van der Waals surface area contributed by atoms with E-state index in [1.54, 1.807) is 0 Å². The number of likely N-dealkylation sites (tertiary alicyclic amines) is 1. The third-order valence-electron chi connectivity index (χ3n) is 3.26. The minimum Gasteiger partial charge on any atom is -0.478 e. The van der Waals surface area contributed by atoms with Gasteiger partial charge >= 0.3 is 5.97 Å². The number of rotatable bonds is 6. The first-order chi connectivity index (χ1) is 9.18. The lowest BCUT2D eigenvalue weighted by molar-refractivity contribution is 0.0692. The molecule has 2 N–H and O–H groups in total. The maximum atomic E-state index is 13.7. The molecule has 0 amide bonds. The highest BCUT2D eigenvalue weighted by Crippen LogP contribution is 2.15. The molecule has 1 aliphatic heterocycles. The van der Waals surface area contributed by atoms with Crippen LogP contribution in [0.3, 0.4) is 0 Å². The molecule has 0 unspecified atom stereocenters. The molecular formula is C13H18FN3O2. The van der Waals surface area contributed by atoms with Gasteiger partial charge < -0.3 is 15.3 Å². The van der Waals surface area contributed by atoms with Crippen LogP contribution in [-0.4, -0.2) is 47.1 Å². The van der Waals surface area contributed by atoms with E-state index in [0.29, 0.717) is 6.54 Å². The van der Waals surface area contributed by atoms with Crippen LogP contribution >= 0.6 is 0 Å². The molecular weight excluding hydrogens is 249 g/mol. The summed E-state index contributed by atoms with van der Waals surface area (Å²) in [7, 11) is 0. The lowest BCUT2D eigenvalue weighted by Crippen LogP contribution is -2.22. The van der Waals surface area contributed by atoms with Crippen LogP contribution in [0.25, 0.3) is 0 Å². The van der Waals surface area contributed by atoms with E-state index < -0.39 is 11.8 Å². The van der Waals surface area contributed by atoms with E-state index in [0.717, 1.165) is 32.1 Å². The molecule has 1 saturated heterocycles. The van der Waals surface area contributed by atoms with Crippen molar-refractivity contribution in [3.8, 4) is 0 Å². The normalized spacial score (nSPS) is 15.6. The van der Waals surface area contributed by atoms with Crippen molar-refractivity contribution in [2.75, 3.05) is 31.5 Å². The number of aromatic carboxylic acids is 1. The monoisotopic (exact) mass is 267 g/mol. The number of carboxylic acid groups (broad SMARTS) is 1. The number of hydrogen-bond donors (Lipinski definition) is 2. The summed E-state index contributed by atoms with van der Waals surface area (Å²) < 4.78 is 13.7. The first-order valence-electron chi connectivity index (χ1n) is 6.52. The van der Waals surface area contributed by atoms with Crippen molar-refractivity contribution in [1.29, 1.82) is 0 Å². The first-order valence-corrected chi connectivity index (χ1v) is 6.52. The Hall–Kier alpha value is -1.69. The molecule has 0 radical (unpaired) electrons. The summed E-state index contributed by atoms with van der Waals surface area (Å²) in [6.45, 7) is 3.85. The van der Waals surface area contributed by atoms with Gasteiger partial charge in [0.1, 0.15) is 5.56 Å². The van der Waals surface area contributed by atoms with Gasteiger partial charge in [-0.25, -0.2) is 14.2 Å². The van der Waals surface area contributed by atoms with Gasteiger partial charge in [-0.3, -0.25) is 0 Å². The summed E-state index contributed by atoms with van der Waals surface area (Å²) in [5.74, 6) is -2.06. The molecule has 0 saturated carbocycles. The van der Waals surface area contributed by atoms with Gasteiger partial charge in [0.15, 0.2) is 11.6 Å². The molecule has 6 heteroatoms. The van der Waals surface area contributed by atoms with Gasteiger partial charge in [-0.15, -0.1) is 0 Å². The maximum Gasteiger partial charge on any atom is 0.338 e. The standard InChI is InChI=1S/C13H18FN3O2/c14-11-10(13(18)19)4-6-16-12(11)15-5-3-9-17-7-1-2-8-17/h4,6H,1-3,5,7-9H2,(H,15,16)(H,18,19). The van der Waals surface area contributed by atoms with Crippen LogP contribution in [-0.2, 0) is 0 Å². The van der Waals surface area contributed by atoms with Crippen LogP contribution in [0.15, 0.2) is 12.3 Å². The number of halogens is 1. The van der Waals surface area contributed by atoms with Crippen molar-refractivity contribution in [2.24, 2.45) is 0 Å². The highest BCUT2D eigenvalue weighted by atomic mass is 19.1. The second kappa shape index (κ2) is 6.47. The van der Waals surface area contributed by atoms with Gasteiger partial charge in [0.2, 0.25) is 0 Å². The Bertz CT molecular complexity index is 448. The topological polar surface area (TPSA) is 65.5 Å². The minimum atomic E-state index is -1.28. The predicted octanol–water partition coefficient (Wildman–Crippen LogP) is 1.82. The van der Waals surface area contributed by atoms with Gasteiger partial charge in [-0.2, -0.15) is 0 Å². The molecule has 0 atom stereocenters. The summed E-state index contributed by atoms with van der Waals surface area (Å²) in [4.78, 5) is 17.0. The van der Waals surface area contributed by atoms with E-state index in [9.17, 15) is 9.18 Å². The van der Waals surface area contributed by atoms with Crippen LogP contribution in [0.5, 0.6) is 0 Å². The third kappa shape index (κ3) is 3.64. The van der Waals surface area contributed by atoms with Crippen molar-refractivity contribution >= 4 is 11.8 Å². The van der Waals surface area contributed by atoms with Gasteiger partial charge in [-0.05, 0) is 45.0 Å². The van der Waals surface area contributed by atoms with Crippen LogP contribution in [0.1, 0.15) is 29.6 Å². The zero-order valence-electron chi connectivity index (χ0n) is 10.7. The predicted molar refractivity (Wildman–Crippen MR) is 69.9 cm³/mol. The lowest BCUT2D eigenvalue weighted by Gasteiger charge is -2.14. The van der Waals surface area contributed by atoms with E-state index in [-0.39, 0.29) is 11.4 Å². The highest BCUT2D eigenvalue weighted by Gasteiger charge is 2.15. The zero-order chi connectivity index (χ0) is 13.7. The smallest absolute Gasteiger partial charge is 0.338 e. The largest absolute Gasteiger partial charge is 0.478 e. The molecule has 104 valence electrons. The maximum absolute atomic E-state index is 13.7. The third-order valence-corrected chi connectivity index (χ3v) is 3.26. The number of carboxylic acids is 1. The Morgan fingerprint density at radius 3 is 2.89 bits per heavy atom. The van der Waals surface area contributed by atoms with Gasteiger partial charge in [0.25, 0.3) is 0 Å². The molecule has 0 aliphatic carbocycles. The molecule has 0 bridgehead atoms. The van der Waals surface area contributed by atoms with Crippen molar-refractivity contribution in [2.45, 2.75) is 19.3 Å². The number of pyridine rings is 1. The molecule has 1 fully saturated rings. The molecule has 0 spiro atoms. The summed E-state index contributed by atoms with van der Waals surface area (Å²) >= 11 is 0. The lowest BCUT2D eigenvalue weighted by atomic mass is 10.2. The summed E-state index contributed by atoms with van der Waals surface area (Å²) in [6, 6.07) is 1.16.